The Labute approximate surface area is 163 Å². The van der Waals surface area contributed by atoms with Crippen LogP contribution in [0.25, 0.3) is 11.2 Å². The third-order valence-electron chi connectivity index (χ3n) is 4.66. The Hall–Kier alpha value is -3.15. The first-order chi connectivity index (χ1) is 13.9. The number of halogens is 1. The number of hydrogen-bond acceptors (Lipinski definition) is 7. The molecule has 0 aliphatic carbocycles. The SMILES string of the molecule is O=C(Cc1ccc(F)cc1)Nc1nc2c(ncn2[C@H]2C[C@H](O)[C@@H](CO)O2)c(=O)[nH]1. The van der Waals surface area contributed by atoms with Gasteiger partial charge in [0, 0.05) is 6.42 Å². The molecule has 0 unspecified atom stereocenters. The molecule has 0 spiro atoms. The maximum atomic E-state index is 13.0. The smallest absolute Gasteiger partial charge is 0.280 e. The Morgan fingerprint density at radius 1 is 1.38 bits per heavy atom. The molecule has 10 nitrogen and oxygen atoms in total. The molecule has 29 heavy (non-hydrogen) atoms. The second-order valence-corrected chi connectivity index (χ2v) is 6.70. The normalized spacial score (nSPS) is 21.6. The molecule has 0 bridgehead atoms. The highest BCUT2D eigenvalue weighted by Gasteiger charge is 2.35. The highest BCUT2D eigenvalue weighted by atomic mass is 19.1. The Morgan fingerprint density at radius 3 is 2.83 bits per heavy atom. The van der Waals surface area contributed by atoms with Crippen molar-refractivity contribution in [3.05, 3.63) is 52.3 Å². The molecule has 1 aromatic carbocycles. The highest BCUT2D eigenvalue weighted by molar-refractivity contribution is 5.91. The zero-order valence-electron chi connectivity index (χ0n) is 15.1. The fraction of sp³-hybridized carbons (Fsp3) is 0.333. The molecule has 3 heterocycles. The van der Waals surface area contributed by atoms with Crippen molar-refractivity contribution in [3.63, 3.8) is 0 Å². The second-order valence-electron chi connectivity index (χ2n) is 6.70. The number of amides is 1. The lowest BCUT2D eigenvalue weighted by Crippen LogP contribution is -2.24. The summed E-state index contributed by atoms with van der Waals surface area (Å²) in [6.45, 7) is -0.344. The summed E-state index contributed by atoms with van der Waals surface area (Å²) in [6.07, 6.45) is -0.749. The number of rotatable bonds is 5. The molecule has 11 heteroatoms. The Kier molecular flexibility index (Phi) is 5.09. The number of nitrogens with one attached hydrogen (secondary N) is 2. The minimum atomic E-state index is -0.862. The number of carbonyl (C=O) groups excluding carboxylic acids is 1. The van der Waals surface area contributed by atoms with Gasteiger partial charge in [0.1, 0.15) is 18.1 Å². The van der Waals surface area contributed by atoms with Gasteiger partial charge in [-0.25, -0.2) is 9.37 Å². The Bertz CT molecular complexity index is 1100. The lowest BCUT2D eigenvalue weighted by Gasteiger charge is -2.13. The summed E-state index contributed by atoms with van der Waals surface area (Å²) in [7, 11) is 0. The van der Waals surface area contributed by atoms with Crippen LogP contribution in [0.4, 0.5) is 10.3 Å². The van der Waals surface area contributed by atoms with Crippen LogP contribution in [-0.4, -0.2) is 54.5 Å². The van der Waals surface area contributed by atoms with E-state index in [0.717, 1.165) is 0 Å². The lowest BCUT2D eigenvalue weighted by atomic mass is 10.1. The molecule has 1 aliphatic heterocycles. The predicted octanol–water partition coefficient (Wildman–Crippen LogP) is 0.0806. The Balaban J connectivity index is 1.57. The largest absolute Gasteiger partial charge is 0.394 e. The van der Waals surface area contributed by atoms with E-state index in [2.05, 4.69) is 20.3 Å². The number of carbonyl (C=O) groups is 1. The van der Waals surface area contributed by atoms with Crippen LogP contribution in [0.5, 0.6) is 0 Å². The van der Waals surface area contributed by atoms with E-state index in [-0.39, 0.29) is 36.6 Å². The predicted molar refractivity (Wildman–Crippen MR) is 98.5 cm³/mol. The van der Waals surface area contributed by atoms with Crippen molar-refractivity contribution in [3.8, 4) is 0 Å². The van der Waals surface area contributed by atoms with Gasteiger partial charge < -0.3 is 14.9 Å². The summed E-state index contributed by atoms with van der Waals surface area (Å²) in [5.41, 5.74) is 0.262. The van der Waals surface area contributed by atoms with Gasteiger partial charge in [0.15, 0.2) is 11.2 Å². The van der Waals surface area contributed by atoms with E-state index in [1.54, 1.807) is 0 Å². The van der Waals surface area contributed by atoms with Crippen LogP contribution in [0.3, 0.4) is 0 Å². The van der Waals surface area contributed by atoms with Crippen molar-refractivity contribution < 1.29 is 24.1 Å². The molecule has 3 aromatic rings. The van der Waals surface area contributed by atoms with Gasteiger partial charge in [-0.15, -0.1) is 0 Å². The van der Waals surface area contributed by atoms with Crippen molar-refractivity contribution in [1.29, 1.82) is 0 Å². The number of aliphatic hydroxyl groups excluding tert-OH is 2. The van der Waals surface area contributed by atoms with Crippen LogP contribution in [0.15, 0.2) is 35.4 Å². The fourth-order valence-corrected chi connectivity index (χ4v) is 3.21. The first-order valence-electron chi connectivity index (χ1n) is 8.90. The number of hydrogen-bond donors (Lipinski definition) is 4. The van der Waals surface area contributed by atoms with E-state index in [9.17, 15) is 24.2 Å². The first kappa shape index (κ1) is 19.2. The van der Waals surface area contributed by atoms with Crippen LogP contribution >= 0.6 is 0 Å². The maximum Gasteiger partial charge on any atom is 0.280 e. The molecule has 1 aliphatic rings. The van der Waals surface area contributed by atoms with E-state index >= 15 is 0 Å². The molecule has 0 radical (unpaired) electrons. The molecule has 2 aromatic heterocycles. The summed E-state index contributed by atoms with van der Waals surface area (Å²) in [6, 6.07) is 5.49. The molecular formula is C18H18FN5O5. The molecule has 152 valence electrons. The lowest BCUT2D eigenvalue weighted by molar-refractivity contribution is -0.115. The van der Waals surface area contributed by atoms with Crippen molar-refractivity contribution in [2.24, 2.45) is 0 Å². The number of H-pyrrole nitrogens is 1. The number of aliphatic hydroxyl groups is 2. The number of benzene rings is 1. The van der Waals surface area contributed by atoms with Gasteiger partial charge in [-0.2, -0.15) is 4.98 Å². The minimum absolute atomic E-state index is 0.0304. The molecule has 1 saturated heterocycles. The zero-order chi connectivity index (χ0) is 20.5. The standard InChI is InChI=1S/C18H18FN5O5/c19-10-3-1-9(2-4-10)5-13(27)21-18-22-16-15(17(28)23-18)20-8-24(16)14-6-11(26)12(7-25)29-14/h1-4,8,11-12,14,25-26H,5-7H2,(H2,21,22,23,27,28)/t11-,12+,14+/m0/s1. The van der Waals surface area contributed by atoms with Crippen molar-refractivity contribution >= 4 is 23.0 Å². The number of fused-ring (bicyclic) bond motifs is 1. The first-order valence-corrected chi connectivity index (χ1v) is 8.90. The van der Waals surface area contributed by atoms with E-state index in [1.807, 2.05) is 0 Å². The monoisotopic (exact) mass is 403 g/mol. The van der Waals surface area contributed by atoms with E-state index < -0.39 is 35.7 Å². The maximum absolute atomic E-state index is 13.0. The summed E-state index contributed by atoms with van der Waals surface area (Å²) in [4.78, 5) is 35.2. The second kappa shape index (κ2) is 7.70. The number of ether oxygens (including phenoxy) is 1. The van der Waals surface area contributed by atoms with Crippen LogP contribution in [-0.2, 0) is 16.0 Å². The molecule has 3 atom stereocenters. The average molecular weight is 403 g/mol. The molecular weight excluding hydrogens is 385 g/mol. The van der Waals surface area contributed by atoms with Crippen LogP contribution in [0, 0.1) is 5.82 Å². The van der Waals surface area contributed by atoms with Crippen molar-refractivity contribution in [2.75, 3.05) is 11.9 Å². The number of aromatic amines is 1. The summed E-state index contributed by atoms with van der Waals surface area (Å²) in [5, 5.41) is 21.7. The minimum Gasteiger partial charge on any atom is -0.394 e. The number of imidazole rings is 1. The number of nitrogens with zero attached hydrogens (tertiary/aromatic N) is 3. The summed E-state index contributed by atoms with van der Waals surface area (Å²) < 4.78 is 20.0. The molecule has 4 rings (SSSR count). The molecule has 1 fully saturated rings. The average Bonchev–Trinajstić information content (AvgIpc) is 3.27. The highest BCUT2D eigenvalue weighted by Crippen LogP contribution is 2.30. The topological polar surface area (TPSA) is 142 Å². The number of aromatic nitrogens is 4. The molecule has 4 N–H and O–H groups in total. The summed E-state index contributed by atoms with van der Waals surface area (Å²) in [5.74, 6) is -0.923. The van der Waals surface area contributed by atoms with Crippen LogP contribution < -0.4 is 10.9 Å². The van der Waals surface area contributed by atoms with Crippen LogP contribution in [0.1, 0.15) is 18.2 Å². The fourth-order valence-electron chi connectivity index (χ4n) is 3.21. The van der Waals surface area contributed by atoms with Gasteiger partial charge in [-0.3, -0.25) is 24.5 Å². The van der Waals surface area contributed by atoms with Crippen molar-refractivity contribution in [2.45, 2.75) is 31.3 Å². The third-order valence-corrected chi connectivity index (χ3v) is 4.66. The van der Waals surface area contributed by atoms with Crippen LogP contribution in [0.2, 0.25) is 0 Å². The quantitative estimate of drug-likeness (QED) is 0.473. The molecule has 0 saturated carbocycles. The third kappa shape index (κ3) is 3.88. The van der Waals surface area contributed by atoms with E-state index in [1.165, 1.54) is 35.2 Å². The van der Waals surface area contributed by atoms with Gasteiger partial charge in [-0.1, -0.05) is 12.1 Å². The van der Waals surface area contributed by atoms with Gasteiger partial charge in [0.05, 0.1) is 25.5 Å². The van der Waals surface area contributed by atoms with Gasteiger partial charge in [0.2, 0.25) is 11.9 Å². The Morgan fingerprint density at radius 2 is 2.14 bits per heavy atom. The summed E-state index contributed by atoms with van der Waals surface area (Å²) >= 11 is 0. The zero-order valence-corrected chi connectivity index (χ0v) is 15.1. The van der Waals surface area contributed by atoms with Crippen molar-refractivity contribution in [1.82, 2.24) is 19.5 Å². The van der Waals surface area contributed by atoms with Gasteiger partial charge in [0.25, 0.3) is 5.56 Å². The van der Waals surface area contributed by atoms with E-state index in [4.69, 9.17) is 4.74 Å². The van der Waals surface area contributed by atoms with Gasteiger partial charge in [-0.05, 0) is 17.7 Å². The number of anilines is 1. The van der Waals surface area contributed by atoms with Gasteiger partial charge >= 0.3 is 0 Å². The van der Waals surface area contributed by atoms with E-state index in [0.29, 0.717) is 5.56 Å². The molecule has 1 amide bonds.